The average Bonchev–Trinajstić information content (AvgIpc) is 3.02. The summed E-state index contributed by atoms with van der Waals surface area (Å²) < 4.78 is 1.35. The molecule has 0 fully saturated rings. The molecular weight excluding hydrogens is 368 g/mol. The highest BCUT2D eigenvalue weighted by Gasteiger charge is 2.12. The van der Waals surface area contributed by atoms with Gasteiger partial charge in [-0.25, -0.2) is 4.98 Å². The van der Waals surface area contributed by atoms with Crippen LogP contribution in [-0.2, 0) is 10.5 Å². The average molecular weight is 389 g/mol. The quantitative estimate of drug-likeness (QED) is 0.700. The number of hydrogen-bond donors (Lipinski definition) is 1. The molecule has 0 unspecified atom stereocenters. The Morgan fingerprint density at radius 3 is 2.85 bits per heavy atom. The predicted octanol–water partition coefficient (Wildman–Crippen LogP) is 3.45. The van der Waals surface area contributed by atoms with Crippen LogP contribution in [0.25, 0.3) is 4.96 Å². The number of aryl methyl sites for hydroxylation is 1. The molecule has 0 saturated carbocycles. The maximum atomic E-state index is 12.2. The van der Waals surface area contributed by atoms with Gasteiger partial charge in [0.2, 0.25) is 10.9 Å². The molecule has 3 rings (SSSR count). The Kier molecular flexibility index (Phi) is 5.73. The van der Waals surface area contributed by atoms with E-state index in [0.717, 1.165) is 16.3 Å². The van der Waals surface area contributed by atoms with E-state index < -0.39 is 0 Å². The Morgan fingerprint density at radius 1 is 1.35 bits per heavy atom. The van der Waals surface area contributed by atoms with Crippen molar-refractivity contribution in [2.24, 2.45) is 0 Å². The van der Waals surface area contributed by atoms with Crippen molar-refractivity contribution < 1.29 is 4.79 Å². The summed E-state index contributed by atoms with van der Waals surface area (Å²) in [6.07, 6.45) is 0. The van der Waals surface area contributed by atoms with Crippen molar-refractivity contribution in [2.75, 3.05) is 11.1 Å². The molecule has 6 nitrogen and oxygen atoms in total. The van der Waals surface area contributed by atoms with E-state index in [-0.39, 0.29) is 17.4 Å². The number of rotatable bonds is 6. The number of anilines is 1. The van der Waals surface area contributed by atoms with Gasteiger partial charge in [0.25, 0.3) is 5.56 Å². The first-order valence-corrected chi connectivity index (χ1v) is 10.2. The minimum absolute atomic E-state index is 0.0676. The molecule has 0 atom stereocenters. The maximum Gasteiger partial charge on any atom is 0.275 e. The molecule has 1 amide bonds. The number of benzene rings is 1. The second-order valence-corrected chi connectivity index (χ2v) is 8.20. The van der Waals surface area contributed by atoms with Crippen molar-refractivity contribution in [3.8, 4) is 0 Å². The van der Waals surface area contributed by atoms with Crippen LogP contribution in [-0.4, -0.2) is 26.3 Å². The summed E-state index contributed by atoms with van der Waals surface area (Å²) >= 11 is 2.86. The van der Waals surface area contributed by atoms with Gasteiger partial charge in [-0.05, 0) is 18.6 Å². The summed E-state index contributed by atoms with van der Waals surface area (Å²) in [5, 5.41) is 8.09. The lowest BCUT2D eigenvalue weighted by Gasteiger charge is -2.07. The molecule has 3 aromatic rings. The van der Waals surface area contributed by atoms with E-state index in [2.05, 4.69) is 15.4 Å². The Bertz CT molecular complexity index is 994. The zero-order valence-corrected chi connectivity index (χ0v) is 16.5. The van der Waals surface area contributed by atoms with E-state index in [1.807, 2.05) is 45.0 Å². The highest BCUT2D eigenvalue weighted by molar-refractivity contribution is 7.99. The molecule has 0 aliphatic rings. The van der Waals surface area contributed by atoms with Crippen molar-refractivity contribution >= 4 is 39.7 Å². The molecule has 1 N–H and O–H groups in total. The zero-order chi connectivity index (χ0) is 18.7. The lowest BCUT2D eigenvalue weighted by molar-refractivity contribution is -0.113. The van der Waals surface area contributed by atoms with Crippen LogP contribution in [0.3, 0.4) is 0 Å². The van der Waals surface area contributed by atoms with Gasteiger partial charge in [0.15, 0.2) is 0 Å². The fourth-order valence-electron chi connectivity index (χ4n) is 2.33. The Balaban J connectivity index is 1.62. The van der Waals surface area contributed by atoms with E-state index in [1.54, 1.807) is 0 Å². The second-order valence-electron chi connectivity index (χ2n) is 6.23. The fraction of sp³-hybridized carbons (Fsp3) is 0.333. The van der Waals surface area contributed by atoms with Gasteiger partial charge in [0, 0.05) is 23.4 Å². The minimum Gasteiger partial charge on any atom is -0.325 e. The molecule has 0 aliphatic heterocycles. The van der Waals surface area contributed by atoms with Gasteiger partial charge in [-0.2, -0.15) is 9.61 Å². The molecule has 0 radical (unpaired) electrons. The Hall–Kier alpha value is -2.19. The smallest absolute Gasteiger partial charge is 0.275 e. The van der Waals surface area contributed by atoms with Gasteiger partial charge >= 0.3 is 0 Å². The highest BCUT2D eigenvalue weighted by atomic mass is 32.2. The third-order valence-corrected chi connectivity index (χ3v) is 5.89. The van der Waals surface area contributed by atoms with Crippen LogP contribution in [0.1, 0.15) is 36.0 Å². The number of nitrogens with zero attached hydrogens (tertiary/aromatic N) is 3. The van der Waals surface area contributed by atoms with Crippen LogP contribution < -0.4 is 10.9 Å². The van der Waals surface area contributed by atoms with E-state index >= 15 is 0 Å². The van der Waals surface area contributed by atoms with Gasteiger partial charge in [0.05, 0.1) is 11.4 Å². The summed E-state index contributed by atoms with van der Waals surface area (Å²) in [7, 11) is 0. The molecule has 26 heavy (non-hydrogen) atoms. The van der Waals surface area contributed by atoms with Crippen LogP contribution in [0.15, 0.2) is 35.1 Å². The van der Waals surface area contributed by atoms with Crippen LogP contribution in [0, 0.1) is 6.92 Å². The van der Waals surface area contributed by atoms with E-state index in [4.69, 9.17) is 0 Å². The number of thioether (sulfide) groups is 1. The molecule has 2 heterocycles. The predicted molar refractivity (Wildman–Crippen MR) is 107 cm³/mol. The summed E-state index contributed by atoms with van der Waals surface area (Å²) in [6.45, 7) is 6.02. The second kappa shape index (κ2) is 8.01. The van der Waals surface area contributed by atoms with Crippen LogP contribution in [0.5, 0.6) is 0 Å². The largest absolute Gasteiger partial charge is 0.325 e. The lowest BCUT2D eigenvalue weighted by Crippen LogP contribution is -2.16. The molecule has 1 aromatic carbocycles. The van der Waals surface area contributed by atoms with Crippen molar-refractivity contribution in [3.63, 3.8) is 0 Å². The summed E-state index contributed by atoms with van der Waals surface area (Å²) in [4.78, 5) is 29.4. The molecule has 0 bridgehead atoms. The number of nitrogens with one attached hydrogen (secondary N) is 1. The van der Waals surface area contributed by atoms with Crippen LogP contribution in [0.4, 0.5) is 5.69 Å². The lowest BCUT2D eigenvalue weighted by atomic mass is 10.2. The third-order valence-electron chi connectivity index (χ3n) is 3.71. The van der Waals surface area contributed by atoms with E-state index in [1.165, 1.54) is 33.7 Å². The SMILES string of the molecule is Cc1ccccc1NC(=O)CSCc1cc(=O)n2nc(C(C)C)sc2n1. The summed E-state index contributed by atoms with van der Waals surface area (Å²) in [5.41, 5.74) is 2.33. The van der Waals surface area contributed by atoms with Gasteiger partial charge in [-0.3, -0.25) is 9.59 Å². The van der Waals surface area contributed by atoms with Crippen LogP contribution in [0.2, 0.25) is 0 Å². The van der Waals surface area contributed by atoms with Gasteiger partial charge in [-0.1, -0.05) is 43.4 Å². The fourth-order valence-corrected chi connectivity index (χ4v) is 3.97. The monoisotopic (exact) mass is 388 g/mol. The van der Waals surface area contributed by atoms with Crippen molar-refractivity contribution in [2.45, 2.75) is 32.4 Å². The molecule has 8 heteroatoms. The van der Waals surface area contributed by atoms with Crippen molar-refractivity contribution in [3.05, 3.63) is 57.0 Å². The van der Waals surface area contributed by atoms with E-state index in [0.29, 0.717) is 22.2 Å². The molecular formula is C18H20N4O2S2. The molecule has 0 spiro atoms. The number of amides is 1. The number of hydrogen-bond acceptors (Lipinski definition) is 6. The van der Waals surface area contributed by atoms with Gasteiger partial charge in [-0.15, -0.1) is 11.8 Å². The summed E-state index contributed by atoms with van der Waals surface area (Å²) in [6, 6.07) is 9.15. The normalized spacial score (nSPS) is 11.2. The number of carbonyl (C=O) groups excluding carboxylic acids is 1. The van der Waals surface area contributed by atoms with Gasteiger partial charge in [0.1, 0.15) is 5.01 Å². The Labute approximate surface area is 159 Å². The van der Waals surface area contributed by atoms with Crippen LogP contribution >= 0.6 is 23.1 Å². The Morgan fingerprint density at radius 2 is 2.12 bits per heavy atom. The maximum absolute atomic E-state index is 12.2. The standard InChI is InChI=1S/C18H20N4O2S2/c1-11(2)17-21-22-16(24)8-13(19-18(22)26-17)9-25-10-15(23)20-14-7-5-4-6-12(14)3/h4-8,11H,9-10H2,1-3H3,(H,20,23). The van der Waals surface area contributed by atoms with Crippen molar-refractivity contribution in [1.82, 2.24) is 14.6 Å². The minimum atomic E-state index is -0.182. The topological polar surface area (TPSA) is 76.4 Å². The first-order valence-electron chi connectivity index (χ1n) is 8.27. The van der Waals surface area contributed by atoms with Gasteiger partial charge < -0.3 is 5.32 Å². The molecule has 0 saturated heterocycles. The number of para-hydroxylation sites is 1. The van der Waals surface area contributed by atoms with Crippen molar-refractivity contribution in [1.29, 1.82) is 0 Å². The molecule has 0 aliphatic carbocycles. The number of fused-ring (bicyclic) bond motifs is 1. The summed E-state index contributed by atoms with van der Waals surface area (Å²) in [5.74, 6) is 0.989. The molecule has 2 aromatic heterocycles. The number of aromatic nitrogens is 3. The zero-order valence-electron chi connectivity index (χ0n) is 14.9. The highest BCUT2D eigenvalue weighted by Crippen LogP contribution is 2.21. The van der Waals surface area contributed by atoms with E-state index in [9.17, 15) is 9.59 Å². The number of carbonyl (C=O) groups is 1. The molecule has 136 valence electrons. The first kappa shape index (κ1) is 18.6. The third kappa shape index (κ3) is 4.31. The first-order chi connectivity index (χ1) is 12.4.